The zero-order valence-electron chi connectivity index (χ0n) is 18.1. The van der Waals surface area contributed by atoms with Gasteiger partial charge in [-0.05, 0) is 48.6 Å². The maximum Gasteiger partial charge on any atom is 0.335 e. The number of hydrogen-bond donors (Lipinski definition) is 6. The van der Waals surface area contributed by atoms with Crippen LogP contribution in [0.3, 0.4) is 0 Å². The van der Waals surface area contributed by atoms with Gasteiger partial charge in [-0.25, -0.2) is 29.1 Å². The smallest absolute Gasteiger partial charge is 0.335 e. The van der Waals surface area contributed by atoms with E-state index in [2.05, 4.69) is 20.8 Å². The Labute approximate surface area is 201 Å². The lowest BCUT2D eigenvalue weighted by molar-refractivity contribution is 0.0676. The standard InChI is InChI=1S/C24H16N4O8/c29-21(30)13-3-11(4-14(7-13)22(31)32)18-1-2-19(28-27-18)17-9-25-20(26-10-17)12-5-15(23(33)34)8-16(6-12)24(35)36/h1-10,27-28H,(H,29,30)(H,31,32)(H,33,34)(H,35,36). The van der Waals surface area contributed by atoms with E-state index < -0.39 is 23.9 Å². The number of aromatic carboxylic acids is 4. The topological polar surface area (TPSA) is 199 Å². The molecule has 4 rings (SSSR count). The predicted octanol–water partition coefficient (Wildman–Crippen LogP) is 2.43. The number of benzene rings is 2. The Bertz CT molecular complexity index is 1430. The quantitative estimate of drug-likeness (QED) is 0.284. The molecule has 12 heteroatoms. The maximum atomic E-state index is 11.3. The third kappa shape index (κ3) is 4.87. The van der Waals surface area contributed by atoms with Crippen LogP contribution in [0.4, 0.5) is 0 Å². The van der Waals surface area contributed by atoms with E-state index in [4.69, 9.17) is 0 Å². The molecule has 0 unspecified atom stereocenters. The van der Waals surface area contributed by atoms with Crippen molar-refractivity contribution in [2.45, 2.75) is 0 Å². The molecule has 1 aliphatic heterocycles. The van der Waals surface area contributed by atoms with Crippen molar-refractivity contribution in [3.8, 4) is 11.4 Å². The average Bonchev–Trinajstić information content (AvgIpc) is 2.88. The highest BCUT2D eigenvalue weighted by atomic mass is 16.4. The van der Waals surface area contributed by atoms with Crippen LogP contribution in [-0.2, 0) is 0 Å². The molecule has 0 bridgehead atoms. The van der Waals surface area contributed by atoms with E-state index >= 15 is 0 Å². The summed E-state index contributed by atoms with van der Waals surface area (Å²) < 4.78 is 0. The van der Waals surface area contributed by atoms with E-state index in [1.807, 2.05) is 0 Å². The molecule has 0 saturated heterocycles. The molecule has 0 saturated carbocycles. The van der Waals surface area contributed by atoms with Crippen LogP contribution in [0.5, 0.6) is 0 Å². The Morgan fingerprint density at radius 2 is 0.889 bits per heavy atom. The third-order valence-electron chi connectivity index (χ3n) is 5.13. The fourth-order valence-corrected chi connectivity index (χ4v) is 3.37. The van der Waals surface area contributed by atoms with E-state index in [0.29, 0.717) is 22.5 Å². The Balaban J connectivity index is 1.62. The number of carbonyl (C=O) groups is 4. The second-order valence-electron chi connectivity index (χ2n) is 7.52. The first-order valence-corrected chi connectivity index (χ1v) is 10.1. The summed E-state index contributed by atoms with van der Waals surface area (Å²) in [5.41, 5.74) is 7.04. The molecule has 0 radical (unpaired) electrons. The summed E-state index contributed by atoms with van der Waals surface area (Å²) in [6.07, 6.45) is 6.15. The number of carboxylic acid groups (broad SMARTS) is 4. The second kappa shape index (κ2) is 9.38. The Morgan fingerprint density at radius 1 is 0.528 bits per heavy atom. The Morgan fingerprint density at radius 3 is 1.25 bits per heavy atom. The van der Waals surface area contributed by atoms with Crippen LogP contribution in [0.25, 0.3) is 22.8 Å². The van der Waals surface area contributed by atoms with E-state index in [1.54, 1.807) is 12.2 Å². The summed E-state index contributed by atoms with van der Waals surface area (Å²) in [7, 11) is 0. The number of hydrazine groups is 1. The zero-order valence-corrected chi connectivity index (χ0v) is 18.1. The number of carboxylic acids is 4. The molecule has 0 atom stereocenters. The van der Waals surface area contributed by atoms with Crippen molar-refractivity contribution in [3.63, 3.8) is 0 Å². The van der Waals surface area contributed by atoms with Gasteiger partial charge >= 0.3 is 23.9 Å². The summed E-state index contributed by atoms with van der Waals surface area (Å²) in [6, 6.07) is 7.33. The molecular formula is C24H16N4O8. The summed E-state index contributed by atoms with van der Waals surface area (Å²) in [5.74, 6) is -4.98. The number of aromatic nitrogens is 2. The lowest BCUT2D eigenvalue weighted by atomic mass is 10.0. The number of allylic oxidation sites excluding steroid dienone is 2. The molecule has 2 aromatic carbocycles. The van der Waals surface area contributed by atoms with Gasteiger partial charge in [0.25, 0.3) is 0 Å². The molecule has 2 heterocycles. The number of rotatable bonds is 7. The van der Waals surface area contributed by atoms with Gasteiger partial charge in [0.2, 0.25) is 0 Å². The van der Waals surface area contributed by atoms with E-state index in [1.165, 1.54) is 36.7 Å². The normalized spacial score (nSPS) is 12.4. The van der Waals surface area contributed by atoms with Crippen LogP contribution in [0.2, 0.25) is 0 Å². The van der Waals surface area contributed by atoms with Gasteiger partial charge in [0, 0.05) is 29.1 Å². The van der Waals surface area contributed by atoms with Crippen molar-refractivity contribution in [1.82, 2.24) is 20.8 Å². The van der Waals surface area contributed by atoms with Gasteiger partial charge in [0.05, 0.1) is 33.6 Å². The van der Waals surface area contributed by atoms with Crippen molar-refractivity contribution in [1.29, 1.82) is 0 Å². The molecule has 36 heavy (non-hydrogen) atoms. The molecule has 1 aromatic heterocycles. The van der Waals surface area contributed by atoms with Crippen molar-refractivity contribution < 1.29 is 39.6 Å². The van der Waals surface area contributed by atoms with E-state index in [9.17, 15) is 39.6 Å². The fraction of sp³-hybridized carbons (Fsp3) is 0. The minimum atomic E-state index is -1.29. The molecule has 0 fully saturated rings. The highest BCUT2D eigenvalue weighted by Crippen LogP contribution is 2.23. The van der Waals surface area contributed by atoms with Crippen LogP contribution in [0, 0.1) is 0 Å². The monoisotopic (exact) mass is 488 g/mol. The maximum absolute atomic E-state index is 11.3. The predicted molar refractivity (Wildman–Crippen MR) is 124 cm³/mol. The fourth-order valence-electron chi connectivity index (χ4n) is 3.37. The number of hydrogen-bond acceptors (Lipinski definition) is 8. The summed E-state index contributed by atoms with van der Waals surface area (Å²) in [5, 5.41) is 37.0. The van der Waals surface area contributed by atoms with Gasteiger partial charge in [-0.2, -0.15) is 0 Å². The molecule has 3 aromatic rings. The zero-order chi connectivity index (χ0) is 26.0. The van der Waals surface area contributed by atoms with Gasteiger partial charge in [-0.1, -0.05) is 0 Å². The second-order valence-corrected chi connectivity index (χ2v) is 7.52. The van der Waals surface area contributed by atoms with Gasteiger partial charge in [-0.15, -0.1) is 0 Å². The van der Waals surface area contributed by atoms with Gasteiger partial charge in [-0.3, -0.25) is 0 Å². The summed E-state index contributed by atoms with van der Waals surface area (Å²) in [6.45, 7) is 0. The van der Waals surface area contributed by atoms with Crippen molar-refractivity contribution in [3.05, 3.63) is 94.3 Å². The number of nitrogens with one attached hydrogen (secondary N) is 2. The van der Waals surface area contributed by atoms with Crippen LogP contribution < -0.4 is 10.9 Å². The number of nitrogens with zero attached hydrogens (tertiary/aromatic N) is 2. The third-order valence-corrected chi connectivity index (χ3v) is 5.13. The minimum absolute atomic E-state index is 0.122. The largest absolute Gasteiger partial charge is 0.478 e. The van der Waals surface area contributed by atoms with Gasteiger partial charge < -0.3 is 31.3 Å². The molecule has 1 aliphatic rings. The molecule has 12 nitrogen and oxygen atoms in total. The molecule has 0 spiro atoms. The van der Waals surface area contributed by atoms with Crippen molar-refractivity contribution in [2.75, 3.05) is 0 Å². The molecular weight excluding hydrogens is 472 g/mol. The molecule has 0 amide bonds. The van der Waals surface area contributed by atoms with E-state index in [-0.39, 0.29) is 33.6 Å². The highest BCUT2D eigenvalue weighted by molar-refractivity contribution is 5.96. The van der Waals surface area contributed by atoms with Crippen LogP contribution >= 0.6 is 0 Å². The van der Waals surface area contributed by atoms with Crippen LogP contribution in [0.1, 0.15) is 52.6 Å². The Hall–Kier alpha value is -5.52. The van der Waals surface area contributed by atoms with E-state index in [0.717, 1.165) is 12.1 Å². The molecule has 180 valence electrons. The first-order chi connectivity index (χ1) is 17.1. The van der Waals surface area contributed by atoms with Gasteiger partial charge in [0.15, 0.2) is 5.82 Å². The molecule has 6 N–H and O–H groups in total. The summed E-state index contributed by atoms with van der Waals surface area (Å²) >= 11 is 0. The lowest BCUT2D eigenvalue weighted by Gasteiger charge is -2.20. The minimum Gasteiger partial charge on any atom is -0.478 e. The first-order valence-electron chi connectivity index (χ1n) is 10.1. The lowest BCUT2D eigenvalue weighted by Crippen LogP contribution is -2.31. The van der Waals surface area contributed by atoms with Crippen molar-refractivity contribution in [2.24, 2.45) is 0 Å². The SMILES string of the molecule is O=C(O)c1cc(C(=O)O)cc(C2=CC=C(c3cnc(-c4cc(C(=O)O)cc(C(=O)O)c4)nc3)NN2)c1. The Kier molecular flexibility index (Phi) is 6.16. The van der Waals surface area contributed by atoms with Gasteiger partial charge in [0.1, 0.15) is 0 Å². The summed E-state index contributed by atoms with van der Waals surface area (Å²) in [4.78, 5) is 53.8. The van der Waals surface area contributed by atoms with Crippen LogP contribution in [-0.4, -0.2) is 54.3 Å². The average molecular weight is 488 g/mol. The van der Waals surface area contributed by atoms with Crippen molar-refractivity contribution >= 4 is 35.3 Å². The molecule has 0 aliphatic carbocycles. The van der Waals surface area contributed by atoms with Crippen LogP contribution in [0.15, 0.2) is 60.9 Å². The highest BCUT2D eigenvalue weighted by Gasteiger charge is 2.17. The first kappa shape index (κ1) is 23.6.